The summed E-state index contributed by atoms with van der Waals surface area (Å²) in [6.07, 6.45) is -3.54. The fourth-order valence-electron chi connectivity index (χ4n) is 1.72. The molecule has 0 saturated carbocycles. The van der Waals surface area contributed by atoms with Crippen LogP contribution >= 0.6 is 0 Å². The molecule has 0 fully saturated rings. The monoisotopic (exact) mass is 340 g/mol. The molecule has 1 aromatic rings. The molecule has 0 bridgehead atoms. The van der Waals surface area contributed by atoms with Crippen LogP contribution in [0.4, 0.5) is 18.9 Å². The van der Waals surface area contributed by atoms with Gasteiger partial charge in [0.25, 0.3) is 5.91 Å². The molecule has 9 heteroatoms. The molecule has 2 amide bonds. The zero-order valence-electron chi connectivity index (χ0n) is 12.7. The van der Waals surface area contributed by atoms with E-state index < -0.39 is 29.1 Å². The van der Waals surface area contributed by atoms with Crippen LogP contribution in [0.25, 0.3) is 0 Å². The second kappa shape index (κ2) is 8.12. The van der Waals surface area contributed by atoms with Crippen molar-refractivity contribution in [2.45, 2.75) is 13.1 Å². The molecule has 0 saturated heterocycles. The average molecular weight is 340 g/mol. The smallest absolute Gasteiger partial charge is 0.329 e. The number of nitrogens with zero attached hydrogens (tertiary/aromatic N) is 2. The maximum atomic E-state index is 12.6. The third-order valence-electron chi connectivity index (χ3n) is 2.87. The predicted molar refractivity (Wildman–Crippen MR) is 80.2 cm³/mol. The maximum Gasteiger partial charge on any atom is 0.416 e. The summed E-state index contributed by atoms with van der Waals surface area (Å²) in [5.41, 5.74) is 3.84. The molecule has 24 heavy (non-hydrogen) atoms. The third-order valence-corrected chi connectivity index (χ3v) is 2.87. The Hall–Kier alpha value is -2.86. The number of alkyl halides is 3. The molecule has 0 aliphatic carbocycles. The van der Waals surface area contributed by atoms with E-state index in [-0.39, 0.29) is 18.8 Å². The van der Waals surface area contributed by atoms with Gasteiger partial charge in [0.2, 0.25) is 5.91 Å². The molecule has 0 aromatic heterocycles. The molecular formula is C15H15F3N4O2. The number of halogens is 3. The third kappa shape index (κ3) is 5.40. The van der Waals surface area contributed by atoms with E-state index in [1.54, 1.807) is 6.07 Å². The average Bonchev–Trinajstić information content (AvgIpc) is 2.50. The van der Waals surface area contributed by atoms with Gasteiger partial charge >= 0.3 is 6.18 Å². The Morgan fingerprint density at radius 3 is 2.58 bits per heavy atom. The Bertz CT molecular complexity index is 693. The van der Waals surface area contributed by atoms with Crippen LogP contribution in [0.1, 0.15) is 12.5 Å². The van der Waals surface area contributed by atoms with Crippen molar-refractivity contribution in [2.75, 3.05) is 18.4 Å². The maximum absolute atomic E-state index is 12.6. The number of hydrogen-bond donors (Lipinski definition) is 2. The molecule has 0 heterocycles. The Labute approximate surface area is 136 Å². The van der Waals surface area contributed by atoms with E-state index in [1.165, 1.54) is 13.0 Å². The van der Waals surface area contributed by atoms with Crippen LogP contribution in [-0.4, -0.2) is 29.8 Å². The van der Waals surface area contributed by atoms with Gasteiger partial charge in [-0.3, -0.25) is 9.59 Å². The highest BCUT2D eigenvalue weighted by Gasteiger charge is 2.30. The number of amides is 2. The van der Waals surface area contributed by atoms with Crippen LogP contribution in [0.5, 0.6) is 0 Å². The van der Waals surface area contributed by atoms with Gasteiger partial charge in [-0.1, -0.05) is 6.07 Å². The molecule has 0 spiro atoms. The number of nitrogens with one attached hydrogen (secondary N) is 1. The summed E-state index contributed by atoms with van der Waals surface area (Å²) < 4.78 is 37.9. The molecule has 0 radical (unpaired) electrons. The molecule has 1 rings (SSSR count). The summed E-state index contributed by atoms with van der Waals surface area (Å²) in [7, 11) is 0. The normalized spacial score (nSPS) is 11.6. The van der Waals surface area contributed by atoms with Gasteiger partial charge in [0.1, 0.15) is 11.6 Å². The topological polar surface area (TPSA) is 99.2 Å². The zero-order valence-corrected chi connectivity index (χ0v) is 12.7. The van der Waals surface area contributed by atoms with Crippen LogP contribution in [0.15, 0.2) is 36.0 Å². The minimum Gasteiger partial charge on any atom is -0.329 e. The first kappa shape index (κ1) is 19.2. The van der Waals surface area contributed by atoms with Crippen molar-refractivity contribution in [3.8, 4) is 6.07 Å². The molecule has 0 atom stereocenters. The highest BCUT2D eigenvalue weighted by molar-refractivity contribution is 6.06. The van der Waals surface area contributed by atoms with Gasteiger partial charge in [0, 0.05) is 31.9 Å². The number of carbonyl (C=O) groups excluding carboxylic acids is 2. The summed E-state index contributed by atoms with van der Waals surface area (Å²) in [5.74, 6) is -1.36. The Kier molecular flexibility index (Phi) is 6.49. The molecule has 3 N–H and O–H groups in total. The Morgan fingerprint density at radius 2 is 2.08 bits per heavy atom. The van der Waals surface area contributed by atoms with E-state index >= 15 is 0 Å². The van der Waals surface area contributed by atoms with Gasteiger partial charge in [-0.2, -0.15) is 18.4 Å². The summed E-state index contributed by atoms with van der Waals surface area (Å²) >= 11 is 0. The minimum atomic E-state index is -4.55. The molecule has 0 aliphatic rings. The largest absolute Gasteiger partial charge is 0.416 e. The number of anilines is 1. The fraction of sp³-hybridized carbons (Fsp3) is 0.267. The minimum absolute atomic E-state index is 0.0946. The van der Waals surface area contributed by atoms with Gasteiger partial charge in [-0.05, 0) is 18.2 Å². The molecule has 1 aromatic carbocycles. The van der Waals surface area contributed by atoms with Crippen LogP contribution in [0, 0.1) is 11.3 Å². The quantitative estimate of drug-likeness (QED) is 0.631. The number of nitriles is 1. The highest BCUT2D eigenvalue weighted by Crippen LogP contribution is 2.30. The van der Waals surface area contributed by atoms with Crippen LogP contribution in [0.3, 0.4) is 0 Å². The Morgan fingerprint density at radius 1 is 1.42 bits per heavy atom. The van der Waals surface area contributed by atoms with Crippen LogP contribution < -0.4 is 11.1 Å². The molecular weight excluding hydrogens is 325 g/mol. The SMILES string of the molecule is CC(=O)N(/C=C(/C#N)C(=O)Nc1cccc(C(F)(F)F)c1)CCN. The lowest BCUT2D eigenvalue weighted by atomic mass is 10.2. The molecule has 0 aliphatic heterocycles. The second-order valence-corrected chi connectivity index (χ2v) is 4.69. The lowest BCUT2D eigenvalue weighted by Gasteiger charge is -2.15. The Balaban J connectivity index is 3.00. The zero-order chi connectivity index (χ0) is 18.3. The van der Waals surface area contributed by atoms with E-state index in [9.17, 15) is 22.8 Å². The van der Waals surface area contributed by atoms with Gasteiger partial charge in [-0.25, -0.2) is 0 Å². The van der Waals surface area contributed by atoms with E-state index in [2.05, 4.69) is 5.32 Å². The van der Waals surface area contributed by atoms with Crippen molar-refractivity contribution in [2.24, 2.45) is 5.73 Å². The summed E-state index contributed by atoms with van der Waals surface area (Å²) in [6.45, 7) is 1.44. The van der Waals surface area contributed by atoms with Crippen molar-refractivity contribution < 1.29 is 22.8 Å². The number of carbonyl (C=O) groups is 2. The van der Waals surface area contributed by atoms with Crippen molar-refractivity contribution in [3.05, 3.63) is 41.6 Å². The van der Waals surface area contributed by atoms with Gasteiger partial charge in [-0.15, -0.1) is 0 Å². The van der Waals surface area contributed by atoms with E-state index in [4.69, 9.17) is 11.0 Å². The molecule has 0 unspecified atom stereocenters. The van der Waals surface area contributed by atoms with Gasteiger partial charge < -0.3 is 16.0 Å². The first-order valence-electron chi connectivity index (χ1n) is 6.77. The first-order valence-corrected chi connectivity index (χ1v) is 6.77. The van der Waals surface area contributed by atoms with Crippen molar-refractivity contribution in [1.82, 2.24) is 4.90 Å². The standard InChI is InChI=1S/C15H15F3N4O2/c1-10(23)22(6-5-19)9-11(8-20)14(24)21-13-4-2-3-12(7-13)15(16,17)18/h2-4,7,9H,5-6,19H2,1H3,(H,21,24)/b11-9-. The van der Waals surface area contributed by atoms with Gasteiger partial charge in [0.15, 0.2) is 0 Å². The van der Waals surface area contributed by atoms with Crippen molar-refractivity contribution >= 4 is 17.5 Å². The lowest BCUT2D eigenvalue weighted by molar-refractivity contribution is -0.137. The van der Waals surface area contributed by atoms with E-state index in [1.807, 2.05) is 0 Å². The van der Waals surface area contributed by atoms with E-state index in [0.717, 1.165) is 29.3 Å². The fourth-order valence-corrected chi connectivity index (χ4v) is 1.72. The molecule has 128 valence electrons. The van der Waals surface area contributed by atoms with Crippen molar-refractivity contribution in [1.29, 1.82) is 5.26 Å². The van der Waals surface area contributed by atoms with Crippen LogP contribution in [0.2, 0.25) is 0 Å². The predicted octanol–water partition coefficient (Wildman–Crippen LogP) is 1.86. The summed E-state index contributed by atoms with van der Waals surface area (Å²) in [6, 6.07) is 5.59. The van der Waals surface area contributed by atoms with Crippen LogP contribution in [-0.2, 0) is 15.8 Å². The van der Waals surface area contributed by atoms with Crippen molar-refractivity contribution in [3.63, 3.8) is 0 Å². The second-order valence-electron chi connectivity index (χ2n) is 4.69. The molecule has 6 nitrogen and oxygen atoms in total. The number of rotatable bonds is 5. The summed E-state index contributed by atoms with van der Waals surface area (Å²) in [4.78, 5) is 24.5. The van der Waals surface area contributed by atoms with E-state index in [0.29, 0.717) is 0 Å². The number of nitrogens with two attached hydrogens (primary N) is 1. The summed E-state index contributed by atoms with van der Waals surface area (Å²) in [5, 5.41) is 11.2. The lowest BCUT2D eigenvalue weighted by Crippen LogP contribution is -2.30. The first-order chi connectivity index (χ1) is 11.2. The number of hydrogen-bond acceptors (Lipinski definition) is 4. The highest BCUT2D eigenvalue weighted by atomic mass is 19.4. The number of benzene rings is 1. The van der Waals surface area contributed by atoms with Gasteiger partial charge in [0.05, 0.1) is 5.56 Å².